The van der Waals surface area contributed by atoms with Gasteiger partial charge in [-0.1, -0.05) is 19.9 Å². The summed E-state index contributed by atoms with van der Waals surface area (Å²) in [4.78, 5) is 12.9. The Bertz CT molecular complexity index is 1120. The van der Waals surface area contributed by atoms with Crippen molar-refractivity contribution in [1.29, 1.82) is 0 Å². The summed E-state index contributed by atoms with van der Waals surface area (Å²) in [6.45, 7) is 5.55. The largest absolute Gasteiger partial charge is 0.354 e. The number of aryl methyl sites for hydroxylation is 2. The van der Waals surface area contributed by atoms with E-state index in [4.69, 9.17) is 0 Å². The lowest BCUT2D eigenvalue weighted by atomic mass is 10.0. The van der Waals surface area contributed by atoms with E-state index in [-0.39, 0.29) is 22.8 Å². The number of aromatic nitrogens is 3. The molecule has 30 heavy (non-hydrogen) atoms. The molecule has 2 unspecified atom stereocenters. The van der Waals surface area contributed by atoms with E-state index in [1.807, 2.05) is 50.7 Å². The molecule has 0 aliphatic carbocycles. The smallest absolute Gasteiger partial charge is 0.243 e. The minimum atomic E-state index is -3.95. The van der Waals surface area contributed by atoms with Gasteiger partial charge in [-0.15, -0.1) is 0 Å². The number of nitrogens with one attached hydrogen (secondary N) is 2. The van der Waals surface area contributed by atoms with Crippen LogP contribution in [0.2, 0.25) is 0 Å². The van der Waals surface area contributed by atoms with Crippen molar-refractivity contribution < 1.29 is 13.2 Å². The van der Waals surface area contributed by atoms with Crippen molar-refractivity contribution >= 4 is 38.7 Å². The SMILES string of the molecule is CC(CCc1cccn1C)NC(=O)C(NS(=O)(=O)c1cccc2nsnc12)C(C)C. The predicted octanol–water partition coefficient (Wildman–Crippen LogP) is 2.47. The molecule has 0 bridgehead atoms. The average molecular weight is 450 g/mol. The van der Waals surface area contributed by atoms with Crippen LogP contribution in [-0.2, 0) is 28.3 Å². The number of carbonyl (C=O) groups excluding carboxylic acids is 1. The van der Waals surface area contributed by atoms with Crippen molar-refractivity contribution in [2.45, 2.75) is 50.6 Å². The van der Waals surface area contributed by atoms with E-state index in [2.05, 4.69) is 18.8 Å². The van der Waals surface area contributed by atoms with E-state index in [1.54, 1.807) is 12.1 Å². The summed E-state index contributed by atoms with van der Waals surface area (Å²) in [5.41, 5.74) is 2.01. The third-order valence-corrected chi connectivity index (χ3v) is 7.06. The molecule has 0 aliphatic heterocycles. The maximum Gasteiger partial charge on any atom is 0.243 e. The second kappa shape index (κ2) is 9.23. The van der Waals surface area contributed by atoms with Crippen molar-refractivity contribution in [2.24, 2.45) is 13.0 Å². The first-order chi connectivity index (χ1) is 14.2. The van der Waals surface area contributed by atoms with E-state index in [0.29, 0.717) is 11.0 Å². The highest BCUT2D eigenvalue weighted by atomic mass is 32.2. The summed E-state index contributed by atoms with van der Waals surface area (Å²) in [7, 11) is -1.96. The van der Waals surface area contributed by atoms with Crippen molar-refractivity contribution in [1.82, 2.24) is 23.4 Å². The first-order valence-corrected chi connectivity index (χ1v) is 12.0. The Balaban J connectivity index is 1.69. The lowest BCUT2D eigenvalue weighted by Crippen LogP contribution is -2.51. The summed E-state index contributed by atoms with van der Waals surface area (Å²) >= 11 is 0.955. The van der Waals surface area contributed by atoms with Gasteiger partial charge >= 0.3 is 0 Å². The molecule has 10 heteroatoms. The first kappa shape index (κ1) is 22.4. The number of amides is 1. The lowest BCUT2D eigenvalue weighted by molar-refractivity contribution is -0.124. The first-order valence-electron chi connectivity index (χ1n) is 9.83. The van der Waals surface area contributed by atoms with Crippen LogP contribution in [0.3, 0.4) is 0 Å². The number of carbonyl (C=O) groups is 1. The number of benzene rings is 1. The quantitative estimate of drug-likeness (QED) is 0.522. The number of fused-ring (bicyclic) bond motifs is 1. The van der Waals surface area contributed by atoms with Crippen LogP contribution in [0.1, 0.15) is 32.9 Å². The second-order valence-electron chi connectivity index (χ2n) is 7.79. The molecule has 0 spiro atoms. The van der Waals surface area contributed by atoms with Crippen molar-refractivity contribution in [3.8, 4) is 0 Å². The molecule has 0 aliphatic rings. The van der Waals surface area contributed by atoms with Crippen molar-refractivity contribution in [3.05, 3.63) is 42.2 Å². The Morgan fingerprint density at radius 3 is 2.60 bits per heavy atom. The fourth-order valence-electron chi connectivity index (χ4n) is 3.25. The van der Waals surface area contributed by atoms with Crippen LogP contribution in [0.4, 0.5) is 0 Å². The van der Waals surface area contributed by atoms with Gasteiger partial charge < -0.3 is 9.88 Å². The minimum Gasteiger partial charge on any atom is -0.354 e. The van der Waals surface area contributed by atoms with Gasteiger partial charge in [0.2, 0.25) is 15.9 Å². The lowest BCUT2D eigenvalue weighted by Gasteiger charge is -2.24. The van der Waals surface area contributed by atoms with Crippen LogP contribution in [0.15, 0.2) is 41.4 Å². The van der Waals surface area contributed by atoms with Gasteiger partial charge in [-0.05, 0) is 49.9 Å². The molecule has 8 nitrogen and oxygen atoms in total. The zero-order valence-electron chi connectivity index (χ0n) is 17.5. The zero-order chi connectivity index (χ0) is 21.9. The third kappa shape index (κ3) is 5.05. The molecule has 1 aromatic carbocycles. The molecule has 1 amide bonds. The van der Waals surface area contributed by atoms with Gasteiger partial charge in [-0.25, -0.2) is 8.42 Å². The summed E-state index contributed by atoms with van der Waals surface area (Å²) in [6, 6.07) is 7.85. The van der Waals surface area contributed by atoms with E-state index < -0.39 is 16.1 Å². The molecular weight excluding hydrogens is 422 g/mol. The maximum atomic E-state index is 13.0. The van der Waals surface area contributed by atoms with Crippen LogP contribution < -0.4 is 10.0 Å². The van der Waals surface area contributed by atoms with E-state index in [1.165, 1.54) is 11.8 Å². The van der Waals surface area contributed by atoms with Crippen molar-refractivity contribution in [2.75, 3.05) is 0 Å². The van der Waals surface area contributed by atoms with Gasteiger partial charge in [0.25, 0.3) is 0 Å². The predicted molar refractivity (Wildman–Crippen MR) is 118 cm³/mol. The van der Waals surface area contributed by atoms with Gasteiger partial charge in [0.1, 0.15) is 22.0 Å². The van der Waals surface area contributed by atoms with Gasteiger partial charge in [-0.2, -0.15) is 13.5 Å². The summed E-state index contributed by atoms with van der Waals surface area (Å²) in [5, 5.41) is 2.95. The standard InChI is InChI=1S/C20H27N5O3S2/c1-13(2)18(20(26)21-14(3)10-11-15-7-6-12-25(15)4)24-30(27,28)17-9-5-8-16-19(17)23-29-22-16/h5-9,12-14,18,24H,10-11H2,1-4H3,(H,21,26). The Hall–Kier alpha value is -2.30. The van der Waals surface area contributed by atoms with Crippen molar-refractivity contribution in [3.63, 3.8) is 0 Å². The fourth-order valence-corrected chi connectivity index (χ4v) is 5.36. The number of hydrogen-bond acceptors (Lipinski definition) is 6. The van der Waals surface area contributed by atoms with Gasteiger partial charge in [0, 0.05) is 25.0 Å². The second-order valence-corrected chi connectivity index (χ2v) is 10.0. The topological polar surface area (TPSA) is 106 Å². The Labute approximate surface area is 181 Å². The number of hydrogen-bond donors (Lipinski definition) is 2. The highest BCUT2D eigenvalue weighted by Crippen LogP contribution is 2.22. The van der Waals surface area contributed by atoms with Crippen LogP contribution in [-0.4, -0.2) is 39.7 Å². The Kier molecular flexibility index (Phi) is 6.89. The molecule has 2 N–H and O–H groups in total. The summed E-state index contributed by atoms with van der Waals surface area (Å²) in [5.74, 6) is -0.566. The number of sulfonamides is 1. The Morgan fingerprint density at radius 1 is 1.17 bits per heavy atom. The van der Waals surface area contributed by atoms with E-state index in [9.17, 15) is 13.2 Å². The van der Waals surface area contributed by atoms with Crippen LogP contribution in [0.5, 0.6) is 0 Å². The monoisotopic (exact) mass is 449 g/mol. The molecule has 162 valence electrons. The normalized spacial score (nSPS) is 14.2. The average Bonchev–Trinajstić information content (AvgIpc) is 3.32. The summed E-state index contributed by atoms with van der Waals surface area (Å²) < 4.78 is 38.8. The maximum absolute atomic E-state index is 13.0. The van der Waals surface area contributed by atoms with Gasteiger partial charge in [0.05, 0.1) is 11.7 Å². The molecule has 0 saturated heterocycles. The molecular formula is C20H27N5O3S2. The molecule has 2 heterocycles. The minimum absolute atomic E-state index is 0.0314. The molecule has 0 radical (unpaired) electrons. The summed E-state index contributed by atoms with van der Waals surface area (Å²) in [6.07, 6.45) is 3.56. The third-order valence-electron chi connectivity index (χ3n) is 5.04. The number of rotatable bonds is 9. The molecule has 2 atom stereocenters. The van der Waals surface area contributed by atoms with Gasteiger partial charge in [-0.3, -0.25) is 4.79 Å². The molecule has 3 rings (SSSR count). The molecule has 3 aromatic rings. The van der Waals surface area contributed by atoms with Crippen LogP contribution >= 0.6 is 11.7 Å². The highest BCUT2D eigenvalue weighted by molar-refractivity contribution is 7.89. The van der Waals surface area contributed by atoms with E-state index >= 15 is 0 Å². The Morgan fingerprint density at radius 2 is 1.93 bits per heavy atom. The molecule has 0 fully saturated rings. The zero-order valence-corrected chi connectivity index (χ0v) is 19.1. The van der Waals surface area contributed by atoms with Gasteiger partial charge in [0.15, 0.2) is 0 Å². The molecule has 2 aromatic heterocycles. The van der Waals surface area contributed by atoms with E-state index in [0.717, 1.165) is 24.6 Å². The fraction of sp³-hybridized carbons (Fsp3) is 0.450. The van der Waals surface area contributed by atoms with Crippen LogP contribution in [0.25, 0.3) is 11.0 Å². The number of nitrogens with zero attached hydrogens (tertiary/aromatic N) is 3. The highest BCUT2D eigenvalue weighted by Gasteiger charge is 2.30. The van der Waals surface area contributed by atoms with Crippen LogP contribution in [0, 0.1) is 5.92 Å². The molecule has 0 saturated carbocycles.